The molecule has 0 saturated carbocycles. The van der Waals surface area contributed by atoms with Crippen LogP contribution in [0.15, 0.2) is 57.1 Å². The molecule has 1 amide bonds. The maximum atomic E-state index is 13.0. The van der Waals surface area contributed by atoms with Crippen LogP contribution in [-0.4, -0.2) is 74.2 Å². The van der Waals surface area contributed by atoms with E-state index in [1.54, 1.807) is 23.4 Å². The third kappa shape index (κ3) is 4.02. The average Bonchev–Trinajstić information content (AvgIpc) is 3.45. The molecule has 5 rings (SSSR count). The van der Waals surface area contributed by atoms with Gasteiger partial charge in [0, 0.05) is 26.2 Å². The van der Waals surface area contributed by atoms with E-state index in [1.165, 1.54) is 21.4 Å². The van der Waals surface area contributed by atoms with Crippen molar-refractivity contribution in [2.75, 3.05) is 26.2 Å². The second kappa shape index (κ2) is 8.74. The Hall–Kier alpha value is -3.84. The summed E-state index contributed by atoms with van der Waals surface area (Å²) in [5, 5.41) is 8.30. The van der Waals surface area contributed by atoms with Crippen LogP contribution in [0.25, 0.3) is 16.7 Å². The van der Waals surface area contributed by atoms with Gasteiger partial charge in [-0.15, -0.1) is 0 Å². The van der Waals surface area contributed by atoms with Crippen molar-refractivity contribution in [1.82, 2.24) is 33.7 Å². The van der Waals surface area contributed by atoms with Gasteiger partial charge in [0.1, 0.15) is 28.8 Å². The summed E-state index contributed by atoms with van der Waals surface area (Å²) in [6, 6.07) is 9.32. The number of aryl methyl sites for hydroxylation is 2. The fourth-order valence-electron chi connectivity index (χ4n) is 4.21. The van der Waals surface area contributed by atoms with Crippen LogP contribution < -0.4 is 5.56 Å². The van der Waals surface area contributed by atoms with E-state index in [2.05, 4.69) is 15.2 Å². The van der Waals surface area contributed by atoms with Gasteiger partial charge >= 0.3 is 0 Å². The van der Waals surface area contributed by atoms with E-state index in [1.807, 2.05) is 30.3 Å². The predicted molar refractivity (Wildman–Crippen MR) is 124 cm³/mol. The van der Waals surface area contributed by atoms with Gasteiger partial charge in [0.2, 0.25) is 15.9 Å². The molecule has 1 fully saturated rings. The number of aromatic nitrogens is 5. The van der Waals surface area contributed by atoms with Crippen LogP contribution in [0, 0.1) is 13.8 Å². The lowest BCUT2D eigenvalue weighted by Crippen LogP contribution is -2.51. The summed E-state index contributed by atoms with van der Waals surface area (Å²) in [5.74, 6) is -0.0584. The van der Waals surface area contributed by atoms with Crippen molar-refractivity contribution < 1.29 is 17.7 Å². The normalized spacial score (nSPS) is 15.1. The third-order valence-electron chi connectivity index (χ3n) is 6.02. The van der Waals surface area contributed by atoms with Crippen molar-refractivity contribution >= 4 is 27.0 Å². The molecule has 182 valence electrons. The van der Waals surface area contributed by atoms with E-state index in [-0.39, 0.29) is 54.8 Å². The summed E-state index contributed by atoms with van der Waals surface area (Å²) in [5.41, 5.74) is 1.11. The zero-order chi connectivity index (χ0) is 24.7. The minimum Gasteiger partial charge on any atom is -0.360 e. The molecule has 13 heteroatoms. The number of rotatable bonds is 5. The molecule has 35 heavy (non-hydrogen) atoms. The number of fused-ring (bicyclic) bond motifs is 1. The van der Waals surface area contributed by atoms with Gasteiger partial charge in [-0.25, -0.2) is 18.1 Å². The van der Waals surface area contributed by atoms with E-state index < -0.39 is 10.0 Å². The van der Waals surface area contributed by atoms with Gasteiger partial charge in [-0.3, -0.25) is 14.2 Å². The third-order valence-corrected chi connectivity index (χ3v) is 8.16. The molecular weight excluding hydrogens is 474 g/mol. The first-order valence-corrected chi connectivity index (χ1v) is 12.4. The molecule has 1 aliphatic rings. The highest BCUT2D eigenvalue weighted by atomic mass is 32.2. The molecule has 0 aliphatic carbocycles. The van der Waals surface area contributed by atoms with Crippen molar-refractivity contribution in [3.05, 3.63) is 64.7 Å². The topological polar surface area (TPSA) is 136 Å². The molecule has 1 saturated heterocycles. The lowest BCUT2D eigenvalue weighted by Gasteiger charge is -2.34. The molecule has 0 atom stereocenters. The van der Waals surface area contributed by atoms with Crippen LogP contribution in [-0.2, 0) is 21.4 Å². The van der Waals surface area contributed by atoms with Crippen molar-refractivity contribution in [1.29, 1.82) is 0 Å². The molecule has 0 unspecified atom stereocenters. The van der Waals surface area contributed by atoms with Gasteiger partial charge in [-0.05, 0) is 26.0 Å². The van der Waals surface area contributed by atoms with Gasteiger partial charge in [0.15, 0.2) is 11.4 Å². The summed E-state index contributed by atoms with van der Waals surface area (Å²) < 4.78 is 35.1. The maximum absolute atomic E-state index is 13.0. The van der Waals surface area contributed by atoms with E-state index in [4.69, 9.17) is 4.52 Å². The number of hydrogen-bond donors (Lipinski definition) is 0. The van der Waals surface area contributed by atoms with E-state index in [0.717, 1.165) is 5.69 Å². The summed E-state index contributed by atoms with van der Waals surface area (Å²) >= 11 is 0. The fraction of sp³-hybridized carbons (Fsp3) is 0.318. The number of hydrogen-bond acceptors (Lipinski definition) is 8. The molecule has 0 radical (unpaired) electrons. The van der Waals surface area contributed by atoms with Crippen LogP contribution in [0.4, 0.5) is 0 Å². The molecule has 0 bridgehead atoms. The van der Waals surface area contributed by atoms with Gasteiger partial charge in [-0.1, -0.05) is 23.4 Å². The zero-order valence-corrected chi connectivity index (χ0v) is 20.0. The minimum atomic E-state index is -3.78. The second-order valence-corrected chi connectivity index (χ2v) is 10.1. The molecule has 1 aromatic carbocycles. The fourth-order valence-corrected chi connectivity index (χ4v) is 5.93. The Labute approximate surface area is 200 Å². The smallest absolute Gasteiger partial charge is 0.264 e. The lowest BCUT2D eigenvalue weighted by molar-refractivity contribution is -0.133. The van der Waals surface area contributed by atoms with Crippen molar-refractivity contribution in [2.45, 2.75) is 25.3 Å². The van der Waals surface area contributed by atoms with Gasteiger partial charge in [0.05, 0.1) is 11.9 Å². The zero-order valence-electron chi connectivity index (χ0n) is 19.2. The van der Waals surface area contributed by atoms with Crippen molar-refractivity contribution in [3.63, 3.8) is 0 Å². The Morgan fingerprint density at radius 1 is 1.09 bits per heavy atom. The Morgan fingerprint density at radius 2 is 1.80 bits per heavy atom. The highest BCUT2D eigenvalue weighted by Crippen LogP contribution is 2.24. The first kappa shape index (κ1) is 22.9. The summed E-state index contributed by atoms with van der Waals surface area (Å²) in [6.07, 6.45) is 2.78. The molecule has 4 heterocycles. The Bertz CT molecular complexity index is 1550. The van der Waals surface area contributed by atoms with Crippen LogP contribution >= 0.6 is 0 Å². The SMILES string of the molecule is Cc1noc(C)c1S(=O)(=O)N1CCN(C(=O)Cn2cnc3c(cnn3-c3ccccc3)c2=O)CC1. The Morgan fingerprint density at radius 3 is 2.46 bits per heavy atom. The Balaban J connectivity index is 1.29. The largest absolute Gasteiger partial charge is 0.360 e. The van der Waals surface area contributed by atoms with Crippen LogP contribution in [0.2, 0.25) is 0 Å². The quantitative estimate of drug-likeness (QED) is 0.393. The Kier molecular flexibility index (Phi) is 5.73. The number of carbonyl (C=O) groups excluding carboxylic acids is 1. The molecule has 0 spiro atoms. The molecule has 1 aliphatic heterocycles. The van der Waals surface area contributed by atoms with Crippen molar-refractivity contribution in [3.8, 4) is 5.69 Å². The number of benzene rings is 1. The summed E-state index contributed by atoms with van der Waals surface area (Å²) in [6.45, 7) is 3.61. The minimum absolute atomic E-state index is 0.0688. The predicted octanol–water partition coefficient (Wildman–Crippen LogP) is 0.720. The van der Waals surface area contributed by atoms with Gasteiger partial charge < -0.3 is 9.42 Å². The summed E-state index contributed by atoms with van der Waals surface area (Å²) in [4.78, 5) is 31.8. The first-order chi connectivity index (χ1) is 16.8. The number of sulfonamides is 1. The molecular formula is C22H23N7O5S. The maximum Gasteiger partial charge on any atom is 0.264 e. The monoisotopic (exact) mass is 497 g/mol. The number of carbonyl (C=O) groups is 1. The first-order valence-electron chi connectivity index (χ1n) is 11.0. The van der Waals surface area contributed by atoms with Gasteiger partial charge in [0.25, 0.3) is 5.56 Å². The highest BCUT2D eigenvalue weighted by Gasteiger charge is 2.34. The van der Waals surface area contributed by atoms with Crippen LogP contribution in [0.1, 0.15) is 11.5 Å². The standard InChI is InChI=1S/C22H23N7O5S/c1-15-20(16(2)34-25-15)35(32,33)28-10-8-26(9-11-28)19(30)13-27-14-23-21-18(22(27)31)12-24-29(21)17-6-4-3-5-7-17/h3-7,12,14H,8-11,13H2,1-2H3. The van der Waals surface area contributed by atoms with E-state index in [0.29, 0.717) is 16.7 Å². The van der Waals surface area contributed by atoms with Crippen molar-refractivity contribution in [2.24, 2.45) is 0 Å². The second-order valence-electron chi connectivity index (χ2n) is 8.24. The van der Waals surface area contributed by atoms with E-state index in [9.17, 15) is 18.0 Å². The molecule has 4 aromatic rings. The number of para-hydroxylation sites is 1. The number of amides is 1. The lowest BCUT2D eigenvalue weighted by atomic mass is 10.3. The van der Waals surface area contributed by atoms with E-state index >= 15 is 0 Å². The molecule has 0 N–H and O–H groups in total. The average molecular weight is 498 g/mol. The number of piperazine rings is 1. The molecule has 12 nitrogen and oxygen atoms in total. The molecule has 3 aromatic heterocycles. The number of nitrogens with zero attached hydrogens (tertiary/aromatic N) is 7. The van der Waals surface area contributed by atoms with Crippen LogP contribution in [0.3, 0.4) is 0 Å². The highest BCUT2D eigenvalue weighted by molar-refractivity contribution is 7.89. The summed E-state index contributed by atoms with van der Waals surface area (Å²) in [7, 11) is -3.78. The van der Waals surface area contributed by atoms with Gasteiger partial charge in [-0.2, -0.15) is 9.40 Å². The van der Waals surface area contributed by atoms with Crippen LogP contribution in [0.5, 0.6) is 0 Å².